The summed E-state index contributed by atoms with van der Waals surface area (Å²) in [5.74, 6) is 0. The average Bonchev–Trinajstić information content (AvgIpc) is 1.80. The Kier molecular flexibility index (Phi) is 2.90. The molecule has 0 heterocycles. The summed E-state index contributed by atoms with van der Waals surface area (Å²) in [5.41, 5.74) is 8.88. The van der Waals surface area contributed by atoms with Gasteiger partial charge in [0.05, 0.1) is 0 Å². The zero-order valence-corrected chi connectivity index (χ0v) is 6.52. The van der Waals surface area contributed by atoms with E-state index in [1.165, 1.54) is 5.56 Å². The van der Waals surface area contributed by atoms with Gasteiger partial charge in [-0.3, -0.25) is 0 Å². The van der Waals surface area contributed by atoms with Crippen molar-refractivity contribution in [2.45, 2.75) is 13.8 Å². The summed E-state index contributed by atoms with van der Waals surface area (Å²) in [7, 11) is 0. The Morgan fingerprint density at radius 2 is 1.80 bits per heavy atom. The Labute approximate surface area is 61.6 Å². The fourth-order valence-electron chi connectivity index (χ4n) is 0.760. The first-order valence-electron chi connectivity index (χ1n) is 3.03. The maximum Gasteiger partial charge on any atom is 0.0346 e. The van der Waals surface area contributed by atoms with Crippen LogP contribution in [0.1, 0.15) is 11.1 Å². The lowest BCUT2D eigenvalue weighted by Crippen LogP contribution is -1.88. The summed E-state index contributed by atoms with van der Waals surface area (Å²) >= 11 is 0. The number of anilines is 1. The quantitative estimate of drug-likeness (QED) is 0.539. The van der Waals surface area contributed by atoms with Crippen molar-refractivity contribution in [3.63, 3.8) is 0 Å². The predicted molar refractivity (Wildman–Crippen MR) is 45.4 cm³/mol. The fourth-order valence-corrected chi connectivity index (χ4v) is 0.760. The van der Waals surface area contributed by atoms with Crippen LogP contribution in [0.3, 0.4) is 0 Å². The number of nitrogen functional groups attached to an aromatic ring is 1. The first-order chi connectivity index (χ1) is 4.20. The molecule has 0 aliphatic carbocycles. The molecule has 0 bridgehead atoms. The smallest absolute Gasteiger partial charge is 0.0346 e. The third kappa shape index (κ3) is 1.74. The molecule has 1 rings (SSSR count). The van der Waals surface area contributed by atoms with Crippen LogP contribution in [0.4, 0.5) is 5.69 Å². The zero-order valence-electron chi connectivity index (χ0n) is 6.52. The summed E-state index contributed by atoms with van der Waals surface area (Å²) in [5, 5.41) is 0. The molecule has 0 spiro atoms. The van der Waals surface area contributed by atoms with Crippen LogP contribution in [-0.4, -0.2) is 0 Å². The minimum atomic E-state index is 0. The molecule has 5 N–H and O–H groups in total. The van der Waals surface area contributed by atoms with Crippen LogP contribution >= 0.6 is 0 Å². The lowest BCUT2D eigenvalue weighted by atomic mass is 10.1. The van der Waals surface area contributed by atoms with Gasteiger partial charge in [-0.05, 0) is 31.0 Å². The Morgan fingerprint density at radius 1 is 1.20 bits per heavy atom. The van der Waals surface area contributed by atoms with Gasteiger partial charge >= 0.3 is 0 Å². The molecule has 10 heavy (non-hydrogen) atoms. The summed E-state index contributed by atoms with van der Waals surface area (Å²) in [6.07, 6.45) is 0. The van der Waals surface area contributed by atoms with Gasteiger partial charge in [-0.2, -0.15) is 0 Å². The van der Waals surface area contributed by atoms with E-state index in [9.17, 15) is 0 Å². The van der Waals surface area contributed by atoms with E-state index in [4.69, 9.17) is 5.73 Å². The van der Waals surface area contributed by atoms with E-state index in [1.807, 2.05) is 26.0 Å². The summed E-state index contributed by atoms with van der Waals surface area (Å²) < 4.78 is 0. The van der Waals surface area contributed by atoms with Gasteiger partial charge in [-0.15, -0.1) is 0 Å². The Hall–Kier alpha value is -1.02. The highest BCUT2D eigenvalue weighted by Gasteiger charge is 1.89. The lowest BCUT2D eigenvalue weighted by molar-refractivity contribution is 1.40. The Morgan fingerprint density at radius 3 is 2.20 bits per heavy atom. The molecule has 56 valence electrons. The van der Waals surface area contributed by atoms with E-state index in [0.29, 0.717) is 0 Å². The number of nitrogens with two attached hydrogens (primary N) is 1. The third-order valence-corrected chi connectivity index (χ3v) is 1.43. The minimum Gasteiger partial charge on any atom is -0.399 e. The first-order valence-corrected chi connectivity index (χ1v) is 3.03. The maximum absolute atomic E-state index is 5.62. The molecule has 2 heteroatoms. The lowest BCUT2D eigenvalue weighted by Gasteiger charge is -1.98. The van der Waals surface area contributed by atoms with Crippen molar-refractivity contribution < 1.29 is 0 Å². The molecule has 1 aromatic rings. The molecule has 0 atom stereocenters. The van der Waals surface area contributed by atoms with Gasteiger partial charge in [0, 0.05) is 5.69 Å². The normalized spacial score (nSPS) is 8.60. The zero-order chi connectivity index (χ0) is 6.85. The van der Waals surface area contributed by atoms with Crippen LogP contribution in [-0.2, 0) is 0 Å². The Bertz CT molecular complexity index is 218. The number of rotatable bonds is 0. The molecule has 0 unspecified atom stereocenters. The molecule has 0 aliphatic rings. The SMILES string of the molecule is Cc1ccc(C)c(N)c1.N. The van der Waals surface area contributed by atoms with Crippen molar-refractivity contribution in [3.05, 3.63) is 29.3 Å². The van der Waals surface area contributed by atoms with E-state index in [2.05, 4.69) is 6.07 Å². The summed E-state index contributed by atoms with van der Waals surface area (Å²) in [4.78, 5) is 0. The second kappa shape index (κ2) is 3.22. The number of benzene rings is 1. The molecule has 0 radical (unpaired) electrons. The highest BCUT2D eigenvalue weighted by atomic mass is 14.5. The standard InChI is InChI=1S/C8H11N.H3N/c1-6-3-4-7(2)8(9)5-6;/h3-5H,9H2,1-2H3;1H3. The van der Waals surface area contributed by atoms with E-state index >= 15 is 0 Å². The molecule has 1 aromatic carbocycles. The number of hydrogen-bond acceptors (Lipinski definition) is 2. The molecule has 0 saturated heterocycles. The van der Waals surface area contributed by atoms with Gasteiger partial charge in [0.25, 0.3) is 0 Å². The average molecular weight is 138 g/mol. The second-order valence-corrected chi connectivity index (χ2v) is 2.36. The van der Waals surface area contributed by atoms with Crippen LogP contribution in [0.5, 0.6) is 0 Å². The van der Waals surface area contributed by atoms with Crippen LogP contribution in [0, 0.1) is 13.8 Å². The van der Waals surface area contributed by atoms with Crippen LogP contribution < -0.4 is 11.9 Å². The van der Waals surface area contributed by atoms with E-state index in [0.717, 1.165) is 11.3 Å². The van der Waals surface area contributed by atoms with Crippen LogP contribution in [0.25, 0.3) is 0 Å². The molecular formula is C8H14N2. The largest absolute Gasteiger partial charge is 0.399 e. The molecule has 0 fully saturated rings. The van der Waals surface area contributed by atoms with E-state index < -0.39 is 0 Å². The molecule has 0 amide bonds. The topological polar surface area (TPSA) is 61.0 Å². The van der Waals surface area contributed by atoms with Gasteiger partial charge < -0.3 is 11.9 Å². The van der Waals surface area contributed by atoms with Crippen molar-refractivity contribution in [3.8, 4) is 0 Å². The predicted octanol–water partition coefficient (Wildman–Crippen LogP) is 2.05. The van der Waals surface area contributed by atoms with Gasteiger partial charge in [-0.1, -0.05) is 12.1 Å². The maximum atomic E-state index is 5.62. The van der Waals surface area contributed by atoms with Crippen molar-refractivity contribution in [2.24, 2.45) is 0 Å². The second-order valence-electron chi connectivity index (χ2n) is 2.36. The Balaban J connectivity index is 0.000000810. The van der Waals surface area contributed by atoms with E-state index in [1.54, 1.807) is 0 Å². The van der Waals surface area contributed by atoms with Gasteiger partial charge in [0.1, 0.15) is 0 Å². The van der Waals surface area contributed by atoms with Crippen molar-refractivity contribution in [1.82, 2.24) is 6.15 Å². The van der Waals surface area contributed by atoms with Crippen LogP contribution in [0.15, 0.2) is 18.2 Å². The highest BCUT2D eigenvalue weighted by Crippen LogP contribution is 2.10. The van der Waals surface area contributed by atoms with Crippen molar-refractivity contribution >= 4 is 5.69 Å². The molecule has 0 saturated carbocycles. The third-order valence-electron chi connectivity index (χ3n) is 1.43. The molecule has 0 aromatic heterocycles. The fraction of sp³-hybridized carbons (Fsp3) is 0.250. The van der Waals surface area contributed by atoms with Gasteiger partial charge in [0.15, 0.2) is 0 Å². The van der Waals surface area contributed by atoms with Crippen molar-refractivity contribution in [1.29, 1.82) is 0 Å². The number of hydrogen-bond donors (Lipinski definition) is 2. The molecular weight excluding hydrogens is 124 g/mol. The summed E-state index contributed by atoms with van der Waals surface area (Å²) in [6.45, 7) is 4.05. The van der Waals surface area contributed by atoms with Gasteiger partial charge in [0.2, 0.25) is 0 Å². The van der Waals surface area contributed by atoms with Gasteiger partial charge in [-0.25, -0.2) is 0 Å². The monoisotopic (exact) mass is 138 g/mol. The first kappa shape index (κ1) is 8.98. The van der Waals surface area contributed by atoms with Crippen LogP contribution in [0.2, 0.25) is 0 Å². The van der Waals surface area contributed by atoms with E-state index in [-0.39, 0.29) is 6.15 Å². The highest BCUT2D eigenvalue weighted by molar-refractivity contribution is 5.47. The molecule has 2 nitrogen and oxygen atoms in total. The number of aryl methyl sites for hydroxylation is 2. The summed E-state index contributed by atoms with van der Waals surface area (Å²) in [6, 6.07) is 6.08. The molecule has 0 aliphatic heterocycles. The minimum absolute atomic E-state index is 0. The van der Waals surface area contributed by atoms with Crippen molar-refractivity contribution in [2.75, 3.05) is 5.73 Å².